The molecular weight excluding hydrogens is 505 g/mol. The summed E-state index contributed by atoms with van der Waals surface area (Å²) in [7, 11) is 0. The predicted octanol–water partition coefficient (Wildman–Crippen LogP) is -9.02. The van der Waals surface area contributed by atoms with E-state index in [0.717, 1.165) is 0 Å². The summed E-state index contributed by atoms with van der Waals surface area (Å²) in [6.07, 6.45) is 0. The van der Waals surface area contributed by atoms with E-state index in [0.29, 0.717) is 0 Å². The van der Waals surface area contributed by atoms with Crippen molar-refractivity contribution in [2.45, 2.75) is 0 Å². The molecule has 0 amide bonds. The Labute approximate surface area is 195 Å². The average Bonchev–Trinajstić information content (AvgIpc) is 1.50. The van der Waals surface area contributed by atoms with Gasteiger partial charge in [-0.3, -0.25) is 0 Å². The van der Waals surface area contributed by atoms with E-state index in [1.54, 1.807) is 0 Å². The van der Waals surface area contributed by atoms with E-state index in [-0.39, 0.29) is 113 Å². The van der Waals surface area contributed by atoms with Crippen molar-refractivity contribution in [3.8, 4) is 0 Å². The van der Waals surface area contributed by atoms with E-state index >= 15 is 0 Å². The van der Waals surface area contributed by atoms with Gasteiger partial charge in [0.25, 0.3) is 0 Å². The average molecular weight is 520 g/mol. The molecule has 16 heteroatoms. The fourth-order valence-electron chi connectivity index (χ4n) is 0. The minimum absolute atomic E-state index is 0. The molecule has 10 nitrogen and oxygen atoms in total. The van der Waals surface area contributed by atoms with Crippen molar-refractivity contribution in [3.05, 3.63) is 0 Å². The quantitative estimate of drug-likeness (QED) is 0.138. The first-order valence-electron chi connectivity index (χ1n) is 1.98. The molecule has 0 radical (unpaired) electrons. The first kappa shape index (κ1) is 37.3. The third-order valence-electron chi connectivity index (χ3n) is 0. The van der Waals surface area contributed by atoms with Crippen molar-refractivity contribution in [2.75, 3.05) is 0 Å². The number of hydrogen-bond acceptors (Lipinski definition) is 7. The summed E-state index contributed by atoms with van der Waals surface area (Å²) in [4.78, 5) is 0. The first-order valence-corrected chi connectivity index (χ1v) is 10.3. The summed E-state index contributed by atoms with van der Waals surface area (Å²) in [5.74, 6) is 0. The molecule has 0 saturated heterocycles. The zero-order valence-electron chi connectivity index (χ0n) is 5.77. The molecule has 16 heavy (non-hydrogen) atoms. The Morgan fingerprint density at radius 2 is 0.625 bits per heavy atom. The third kappa shape index (κ3) is 253. The van der Waals surface area contributed by atoms with Crippen molar-refractivity contribution < 1.29 is 40.6 Å². The second-order valence-corrected chi connectivity index (χ2v) is 5.46. The van der Waals surface area contributed by atoms with Gasteiger partial charge < -0.3 is 0 Å². The summed E-state index contributed by atoms with van der Waals surface area (Å²) in [5.41, 5.74) is 0. The van der Waals surface area contributed by atoms with Crippen LogP contribution >= 0.6 is 0 Å². The Bertz CT molecular complexity index is 113. The van der Waals surface area contributed by atoms with Crippen molar-refractivity contribution in [1.29, 1.82) is 0 Å². The number of hydrogen-bond donors (Lipinski definition) is 9. The predicted molar refractivity (Wildman–Crippen MR) is 63.5 cm³/mol. The second-order valence-electron chi connectivity index (χ2n) is 1.05. The van der Waals surface area contributed by atoms with Gasteiger partial charge in [0.05, 0.1) is 0 Å². The van der Waals surface area contributed by atoms with E-state index < -0.39 is 45.9 Å². The van der Waals surface area contributed by atoms with Gasteiger partial charge in [0.15, 0.2) is 0 Å². The maximum atomic E-state index is 8.94. The fraction of sp³-hybridized carbons (Fsp3) is 0. The standard InChI is InChI=1S/AsH3O4.2AsH3O3.3Ca.6H/c2-1(3,4)5;2*2-1(3)4;;;;;;;;;/h(H3,2,3,4,5);2*2-4H;;;;;;;;;. The van der Waals surface area contributed by atoms with Crippen LogP contribution in [0.25, 0.3) is 0 Å². The van der Waals surface area contributed by atoms with Gasteiger partial charge in [0, 0.05) is 0 Å². The van der Waals surface area contributed by atoms with Crippen LogP contribution in [0.15, 0.2) is 0 Å². The summed E-state index contributed by atoms with van der Waals surface area (Å²) in [5, 5.41) is 0. The molecule has 0 aromatic heterocycles. The monoisotopic (exact) mass is 520 g/mol. The SMILES string of the molecule is O=[As](O)(O)O.O[As](O)O.O[As](O)O.[CaH2].[CaH2].[CaH2]. The second kappa shape index (κ2) is 24.9. The molecule has 96 valence electrons. The summed E-state index contributed by atoms with van der Waals surface area (Å²) < 4.78 is 74.6. The van der Waals surface area contributed by atoms with Crippen LogP contribution in [0.4, 0.5) is 0 Å². The minimum atomic E-state index is -5.12. The zero-order valence-corrected chi connectivity index (χ0v) is 11.4. The van der Waals surface area contributed by atoms with Crippen LogP contribution in [0.3, 0.4) is 0 Å². The summed E-state index contributed by atoms with van der Waals surface area (Å²) >= 11 is -11.5. The fourth-order valence-corrected chi connectivity index (χ4v) is 0. The van der Waals surface area contributed by atoms with Crippen molar-refractivity contribution in [3.63, 3.8) is 0 Å². The van der Waals surface area contributed by atoms with Crippen LogP contribution in [0.5, 0.6) is 0 Å². The molecule has 0 unspecified atom stereocenters. The Morgan fingerprint density at radius 1 is 0.625 bits per heavy atom. The number of rotatable bonds is 0. The Morgan fingerprint density at radius 3 is 0.625 bits per heavy atom. The van der Waals surface area contributed by atoms with E-state index in [1.165, 1.54) is 0 Å². The van der Waals surface area contributed by atoms with Crippen molar-refractivity contribution >= 4 is 159 Å². The molecule has 0 aliphatic carbocycles. The van der Waals surface area contributed by atoms with Crippen LogP contribution in [-0.4, -0.2) is 196 Å². The molecule has 0 rings (SSSR count). The molecule has 0 fully saturated rings. The van der Waals surface area contributed by atoms with Crippen LogP contribution in [0, 0.1) is 0 Å². The van der Waals surface area contributed by atoms with Crippen LogP contribution < -0.4 is 0 Å². The van der Waals surface area contributed by atoms with Gasteiger partial charge in [-0.15, -0.1) is 0 Å². The van der Waals surface area contributed by atoms with E-state index in [4.69, 9.17) is 40.6 Å². The van der Waals surface area contributed by atoms with Gasteiger partial charge in [-0.1, -0.05) is 0 Å². The van der Waals surface area contributed by atoms with Gasteiger partial charge in [0.2, 0.25) is 0 Å². The van der Waals surface area contributed by atoms with Gasteiger partial charge in [0.1, 0.15) is 0 Å². The molecule has 0 aromatic rings. The molecule has 0 aliphatic heterocycles. The molecule has 0 saturated carbocycles. The van der Waals surface area contributed by atoms with Gasteiger partial charge in [-0.05, 0) is 0 Å². The third-order valence-corrected chi connectivity index (χ3v) is 0. The first-order chi connectivity index (χ1) is 5.46. The van der Waals surface area contributed by atoms with Crippen molar-refractivity contribution in [2.24, 2.45) is 0 Å². The van der Waals surface area contributed by atoms with Crippen LogP contribution in [-0.2, 0) is 3.74 Å². The summed E-state index contributed by atoms with van der Waals surface area (Å²) in [6, 6.07) is 0. The molecular formula is H15As3Ca3O10. The Kier molecular flexibility index (Phi) is 58.0. The van der Waals surface area contributed by atoms with Crippen LogP contribution in [0.1, 0.15) is 0 Å². The van der Waals surface area contributed by atoms with Gasteiger partial charge >= 0.3 is 200 Å². The Hall–Kier alpha value is 4.89. The van der Waals surface area contributed by atoms with Crippen LogP contribution in [0.2, 0.25) is 0 Å². The maximum absolute atomic E-state index is 8.94. The van der Waals surface area contributed by atoms with Gasteiger partial charge in [-0.25, -0.2) is 0 Å². The normalized spacial score (nSPS) is 8.19. The summed E-state index contributed by atoms with van der Waals surface area (Å²) in [6.45, 7) is 0. The molecule has 0 aromatic carbocycles. The topological polar surface area (TPSA) is 199 Å². The van der Waals surface area contributed by atoms with Crippen molar-refractivity contribution in [1.82, 2.24) is 0 Å². The molecule has 9 N–H and O–H groups in total. The van der Waals surface area contributed by atoms with E-state index in [1.807, 2.05) is 0 Å². The van der Waals surface area contributed by atoms with E-state index in [2.05, 4.69) is 0 Å². The zero-order chi connectivity index (χ0) is 11.7. The van der Waals surface area contributed by atoms with Gasteiger partial charge in [-0.2, -0.15) is 0 Å². The molecule has 0 spiro atoms. The molecule has 0 bridgehead atoms. The molecule has 0 aliphatic rings. The molecule has 0 atom stereocenters. The Balaban J connectivity index is -0.0000000216. The van der Waals surface area contributed by atoms with E-state index in [9.17, 15) is 0 Å². The molecule has 0 heterocycles.